The maximum absolute atomic E-state index is 12.3. The number of carbonyl (C=O) groups is 1. The van der Waals surface area contributed by atoms with Crippen LogP contribution in [0, 0.1) is 11.8 Å². The third kappa shape index (κ3) is 4.05. The minimum atomic E-state index is 0. The fourth-order valence-electron chi connectivity index (χ4n) is 2.86. The molecule has 0 aromatic carbocycles. The summed E-state index contributed by atoms with van der Waals surface area (Å²) in [6, 6.07) is 1.81. The number of aromatic nitrogens is 3. The van der Waals surface area contributed by atoms with Crippen molar-refractivity contribution in [2.45, 2.75) is 25.7 Å². The number of hydrogen-bond donors (Lipinski definition) is 3. The normalized spacial score (nSPS) is 20.8. The van der Waals surface area contributed by atoms with Gasteiger partial charge >= 0.3 is 0 Å². The van der Waals surface area contributed by atoms with Gasteiger partial charge in [0.1, 0.15) is 0 Å². The Morgan fingerprint density at radius 3 is 2.73 bits per heavy atom. The molecule has 22 heavy (non-hydrogen) atoms. The van der Waals surface area contributed by atoms with E-state index in [1.54, 1.807) is 18.5 Å². The van der Waals surface area contributed by atoms with Crippen molar-refractivity contribution < 1.29 is 4.79 Å². The maximum Gasteiger partial charge on any atom is 0.227 e. The topological polar surface area (TPSA) is 96.7 Å². The molecular weight excluding hydrogens is 414 g/mol. The molecule has 3 rings (SSSR count). The van der Waals surface area contributed by atoms with Crippen LogP contribution in [0.2, 0.25) is 0 Å². The molecule has 1 aliphatic carbocycles. The number of nitrogens with one attached hydrogen (secondary N) is 2. The highest BCUT2D eigenvalue weighted by Crippen LogP contribution is 2.29. The monoisotopic (exact) mass is 433 g/mol. The average Bonchev–Trinajstić information content (AvgIpc) is 2.97. The molecule has 1 amide bonds. The number of nitrogens with zero attached hydrogens (tertiary/aromatic N) is 2. The number of halogens is 2. The van der Waals surface area contributed by atoms with Gasteiger partial charge in [-0.1, -0.05) is 0 Å². The van der Waals surface area contributed by atoms with Crippen LogP contribution in [0.5, 0.6) is 0 Å². The van der Waals surface area contributed by atoms with Crippen molar-refractivity contribution in [2.75, 3.05) is 11.9 Å². The van der Waals surface area contributed by atoms with Crippen LogP contribution in [-0.2, 0) is 4.79 Å². The largest absolute Gasteiger partial charge is 0.330 e. The number of hydrogen-bond acceptors (Lipinski definition) is 4. The molecule has 122 valence electrons. The molecule has 1 fully saturated rings. The number of anilines is 1. The molecule has 0 atom stereocenters. The lowest BCUT2D eigenvalue weighted by atomic mass is 9.81. The van der Waals surface area contributed by atoms with Gasteiger partial charge in [-0.05, 0) is 44.2 Å². The fourth-order valence-corrected chi connectivity index (χ4v) is 2.86. The molecule has 2 heterocycles. The van der Waals surface area contributed by atoms with Crippen LogP contribution in [0.4, 0.5) is 5.69 Å². The van der Waals surface area contributed by atoms with E-state index in [1.165, 1.54) is 0 Å². The van der Waals surface area contributed by atoms with E-state index in [-0.39, 0.29) is 45.8 Å². The smallest absolute Gasteiger partial charge is 0.227 e. The molecule has 0 bridgehead atoms. The number of nitrogens with two attached hydrogens (primary N) is 1. The Morgan fingerprint density at radius 2 is 2.05 bits per heavy atom. The van der Waals surface area contributed by atoms with Gasteiger partial charge in [-0.15, -0.1) is 34.0 Å². The lowest BCUT2D eigenvalue weighted by molar-refractivity contribution is -0.121. The Morgan fingerprint density at radius 1 is 1.32 bits per heavy atom. The standard InChI is InChI=1S/C14H19N5O.2BrH/c15-7-9-1-3-10(4-2-9)14(20)18-12-5-6-16-13-11(12)8-17-19-13;;/h5-6,8-10H,1-4,7,15H2,(H2,16,17,18,19,20);2*1H. The Labute approximate surface area is 150 Å². The lowest BCUT2D eigenvalue weighted by Gasteiger charge is -2.26. The molecule has 8 heteroatoms. The second-order valence-corrected chi connectivity index (χ2v) is 5.43. The fraction of sp³-hybridized carbons (Fsp3) is 0.500. The third-order valence-electron chi connectivity index (χ3n) is 4.16. The molecule has 4 N–H and O–H groups in total. The van der Waals surface area contributed by atoms with Crippen LogP contribution >= 0.6 is 34.0 Å². The number of aromatic amines is 1. The summed E-state index contributed by atoms with van der Waals surface area (Å²) in [6.45, 7) is 0.730. The van der Waals surface area contributed by atoms with Crippen molar-refractivity contribution in [1.82, 2.24) is 15.2 Å². The first-order chi connectivity index (χ1) is 9.78. The van der Waals surface area contributed by atoms with E-state index in [2.05, 4.69) is 20.5 Å². The Kier molecular flexibility index (Phi) is 7.44. The number of pyridine rings is 1. The molecule has 2 aromatic heterocycles. The molecule has 2 aromatic rings. The zero-order valence-electron chi connectivity index (χ0n) is 12.1. The van der Waals surface area contributed by atoms with Gasteiger partial charge in [-0.2, -0.15) is 5.10 Å². The Bertz CT molecular complexity index is 610. The minimum absolute atomic E-state index is 0. The lowest BCUT2D eigenvalue weighted by Crippen LogP contribution is -2.29. The van der Waals surface area contributed by atoms with Gasteiger partial charge in [-0.3, -0.25) is 9.89 Å². The number of amides is 1. The van der Waals surface area contributed by atoms with Gasteiger partial charge in [0.2, 0.25) is 5.91 Å². The highest BCUT2D eigenvalue weighted by Gasteiger charge is 2.25. The van der Waals surface area contributed by atoms with Crippen molar-refractivity contribution >= 4 is 56.6 Å². The van der Waals surface area contributed by atoms with Crippen molar-refractivity contribution in [3.8, 4) is 0 Å². The molecule has 1 aliphatic rings. The number of rotatable bonds is 3. The van der Waals surface area contributed by atoms with Gasteiger partial charge in [0.05, 0.1) is 17.3 Å². The molecule has 0 saturated heterocycles. The summed E-state index contributed by atoms with van der Waals surface area (Å²) in [5.74, 6) is 0.766. The summed E-state index contributed by atoms with van der Waals surface area (Å²) in [4.78, 5) is 16.5. The molecule has 0 spiro atoms. The summed E-state index contributed by atoms with van der Waals surface area (Å²) < 4.78 is 0. The second-order valence-electron chi connectivity index (χ2n) is 5.43. The summed E-state index contributed by atoms with van der Waals surface area (Å²) >= 11 is 0. The van der Waals surface area contributed by atoms with Crippen LogP contribution < -0.4 is 11.1 Å². The second kappa shape index (κ2) is 8.59. The number of H-pyrrole nitrogens is 1. The van der Waals surface area contributed by atoms with Crippen molar-refractivity contribution in [3.63, 3.8) is 0 Å². The van der Waals surface area contributed by atoms with E-state index in [0.717, 1.165) is 43.3 Å². The van der Waals surface area contributed by atoms with Crippen LogP contribution in [0.3, 0.4) is 0 Å². The average molecular weight is 435 g/mol. The first kappa shape index (κ1) is 19.1. The zero-order chi connectivity index (χ0) is 13.9. The first-order valence-electron chi connectivity index (χ1n) is 7.07. The third-order valence-corrected chi connectivity index (χ3v) is 4.16. The molecule has 6 nitrogen and oxygen atoms in total. The van der Waals surface area contributed by atoms with E-state index < -0.39 is 0 Å². The predicted molar refractivity (Wildman–Crippen MR) is 97.7 cm³/mol. The van der Waals surface area contributed by atoms with E-state index in [0.29, 0.717) is 11.6 Å². The SMILES string of the molecule is Br.Br.NCC1CCC(C(=O)Nc2ccnc3[nH]ncc23)CC1. The van der Waals surface area contributed by atoms with Gasteiger partial charge in [0.25, 0.3) is 0 Å². The van der Waals surface area contributed by atoms with E-state index in [4.69, 9.17) is 5.73 Å². The van der Waals surface area contributed by atoms with Crippen LogP contribution in [0.25, 0.3) is 11.0 Å². The first-order valence-corrected chi connectivity index (χ1v) is 7.07. The van der Waals surface area contributed by atoms with Crippen molar-refractivity contribution in [2.24, 2.45) is 17.6 Å². The zero-order valence-corrected chi connectivity index (χ0v) is 15.5. The summed E-state index contributed by atoms with van der Waals surface area (Å²) in [5.41, 5.74) is 7.14. The molecule has 0 unspecified atom stereocenters. The van der Waals surface area contributed by atoms with Gasteiger partial charge in [0, 0.05) is 12.1 Å². The highest BCUT2D eigenvalue weighted by atomic mass is 79.9. The molecule has 0 aliphatic heterocycles. The van der Waals surface area contributed by atoms with Crippen molar-refractivity contribution in [1.29, 1.82) is 0 Å². The Balaban J connectivity index is 0.00000121. The van der Waals surface area contributed by atoms with Gasteiger partial charge in [-0.25, -0.2) is 4.98 Å². The minimum Gasteiger partial charge on any atom is -0.330 e. The Hall–Kier alpha value is -0.990. The quantitative estimate of drug-likeness (QED) is 0.691. The predicted octanol–water partition coefficient (Wildman–Crippen LogP) is 2.82. The van der Waals surface area contributed by atoms with Crippen LogP contribution in [-0.4, -0.2) is 27.6 Å². The highest BCUT2D eigenvalue weighted by molar-refractivity contribution is 8.93. The summed E-state index contributed by atoms with van der Waals surface area (Å²) in [7, 11) is 0. The summed E-state index contributed by atoms with van der Waals surface area (Å²) in [6.07, 6.45) is 7.30. The van der Waals surface area contributed by atoms with Gasteiger partial charge in [0.15, 0.2) is 5.65 Å². The van der Waals surface area contributed by atoms with Gasteiger partial charge < -0.3 is 11.1 Å². The molecule has 1 saturated carbocycles. The maximum atomic E-state index is 12.3. The van der Waals surface area contributed by atoms with Crippen LogP contribution in [0.15, 0.2) is 18.5 Å². The van der Waals surface area contributed by atoms with E-state index >= 15 is 0 Å². The molecular formula is C14H21Br2N5O. The molecule has 0 radical (unpaired) electrons. The summed E-state index contributed by atoms with van der Waals surface area (Å²) in [5, 5.41) is 10.6. The van der Waals surface area contributed by atoms with Crippen LogP contribution in [0.1, 0.15) is 25.7 Å². The van der Waals surface area contributed by atoms with E-state index in [9.17, 15) is 4.79 Å². The number of fused-ring (bicyclic) bond motifs is 1. The number of carbonyl (C=O) groups excluding carboxylic acids is 1. The van der Waals surface area contributed by atoms with E-state index in [1.807, 2.05) is 0 Å². The van der Waals surface area contributed by atoms with Crippen molar-refractivity contribution in [3.05, 3.63) is 18.5 Å².